The first kappa shape index (κ1) is 14.7. The van der Waals surface area contributed by atoms with Crippen LogP contribution in [-0.4, -0.2) is 32.5 Å². The van der Waals surface area contributed by atoms with Crippen LogP contribution in [0.4, 0.5) is 0 Å². The zero-order valence-corrected chi connectivity index (χ0v) is 13.2. The summed E-state index contributed by atoms with van der Waals surface area (Å²) in [6.45, 7) is 1.14. The summed E-state index contributed by atoms with van der Waals surface area (Å²) in [5.41, 5.74) is 2.72. The third-order valence-corrected chi connectivity index (χ3v) is 4.27. The van der Waals surface area contributed by atoms with Crippen LogP contribution in [0.1, 0.15) is 33.3 Å². The van der Waals surface area contributed by atoms with Crippen molar-refractivity contribution >= 4 is 5.91 Å². The molecule has 122 valence electrons. The minimum Gasteiger partial charge on any atom is -0.445 e. The Morgan fingerprint density at radius 2 is 2.12 bits per heavy atom. The lowest BCUT2D eigenvalue weighted by Gasteiger charge is -2.24. The number of nitrogens with zero attached hydrogens (tertiary/aromatic N) is 3. The van der Waals surface area contributed by atoms with Gasteiger partial charge in [0, 0.05) is 25.6 Å². The van der Waals surface area contributed by atoms with Crippen molar-refractivity contribution in [1.82, 2.24) is 20.1 Å². The minimum absolute atomic E-state index is 0.0248. The van der Waals surface area contributed by atoms with Crippen molar-refractivity contribution in [2.75, 3.05) is 6.54 Å². The molecule has 6 heteroatoms. The fraction of sp³-hybridized carbons (Fsp3) is 0.278. The smallest absolute Gasteiger partial charge is 0.257 e. The molecule has 1 aliphatic heterocycles. The number of aryl methyl sites for hydroxylation is 2. The molecule has 0 saturated heterocycles. The average molecular weight is 322 g/mol. The lowest BCUT2D eigenvalue weighted by molar-refractivity contribution is 0.0728. The maximum atomic E-state index is 12.4. The lowest BCUT2D eigenvalue weighted by Crippen LogP contribution is -2.35. The number of carbonyl (C=O) groups excluding carboxylic acids is 1. The standard InChI is InChI=1S/C18H18N4O2/c23-18(14-10-19-20-11-14)22-9-8-16-15(12-22)21-17(24-16)7-6-13-4-2-1-3-5-13/h1-5,10-11H,6-9,12H2,(H,19,20). The normalized spacial score (nSPS) is 13.8. The zero-order chi connectivity index (χ0) is 16.4. The summed E-state index contributed by atoms with van der Waals surface area (Å²) in [6, 6.07) is 10.3. The van der Waals surface area contributed by atoms with Gasteiger partial charge in [0.15, 0.2) is 5.89 Å². The highest BCUT2D eigenvalue weighted by Crippen LogP contribution is 2.22. The van der Waals surface area contributed by atoms with Gasteiger partial charge in [-0.05, 0) is 12.0 Å². The van der Waals surface area contributed by atoms with Gasteiger partial charge in [-0.2, -0.15) is 5.10 Å². The van der Waals surface area contributed by atoms with Gasteiger partial charge in [0.1, 0.15) is 11.5 Å². The predicted molar refractivity (Wildman–Crippen MR) is 87.4 cm³/mol. The third-order valence-electron chi connectivity index (χ3n) is 4.27. The maximum Gasteiger partial charge on any atom is 0.257 e. The number of carbonyl (C=O) groups is 1. The molecule has 0 atom stereocenters. The van der Waals surface area contributed by atoms with Crippen LogP contribution in [0, 0.1) is 0 Å². The molecule has 1 N–H and O–H groups in total. The van der Waals surface area contributed by atoms with Gasteiger partial charge in [-0.25, -0.2) is 4.98 Å². The van der Waals surface area contributed by atoms with Crippen LogP contribution < -0.4 is 0 Å². The molecule has 0 saturated carbocycles. The van der Waals surface area contributed by atoms with Gasteiger partial charge >= 0.3 is 0 Å². The number of hydrogen-bond donors (Lipinski definition) is 1. The van der Waals surface area contributed by atoms with E-state index in [2.05, 4.69) is 27.3 Å². The van der Waals surface area contributed by atoms with Crippen molar-refractivity contribution in [2.24, 2.45) is 0 Å². The summed E-state index contributed by atoms with van der Waals surface area (Å²) in [6.07, 6.45) is 5.54. The van der Waals surface area contributed by atoms with Crippen molar-refractivity contribution in [3.63, 3.8) is 0 Å². The topological polar surface area (TPSA) is 75.0 Å². The highest BCUT2D eigenvalue weighted by Gasteiger charge is 2.26. The fourth-order valence-electron chi connectivity index (χ4n) is 2.98. The second-order valence-corrected chi connectivity index (χ2v) is 5.93. The second-order valence-electron chi connectivity index (χ2n) is 5.93. The number of hydrogen-bond acceptors (Lipinski definition) is 4. The van der Waals surface area contributed by atoms with E-state index in [1.807, 2.05) is 18.2 Å². The van der Waals surface area contributed by atoms with Gasteiger partial charge < -0.3 is 9.32 Å². The summed E-state index contributed by atoms with van der Waals surface area (Å²) in [5, 5.41) is 6.51. The summed E-state index contributed by atoms with van der Waals surface area (Å²) < 4.78 is 5.88. The van der Waals surface area contributed by atoms with E-state index < -0.39 is 0 Å². The van der Waals surface area contributed by atoms with Crippen molar-refractivity contribution in [2.45, 2.75) is 25.8 Å². The maximum absolute atomic E-state index is 12.4. The van der Waals surface area contributed by atoms with E-state index in [1.165, 1.54) is 5.56 Å². The van der Waals surface area contributed by atoms with Crippen LogP contribution in [0.25, 0.3) is 0 Å². The predicted octanol–water partition coefficient (Wildman–Crippen LogP) is 2.38. The second kappa shape index (κ2) is 6.31. The Hall–Kier alpha value is -2.89. The molecule has 3 aromatic rings. The van der Waals surface area contributed by atoms with E-state index in [-0.39, 0.29) is 5.91 Å². The van der Waals surface area contributed by atoms with Crippen LogP contribution in [0.2, 0.25) is 0 Å². The Morgan fingerprint density at radius 3 is 2.92 bits per heavy atom. The zero-order valence-electron chi connectivity index (χ0n) is 13.2. The molecule has 0 radical (unpaired) electrons. The summed E-state index contributed by atoms with van der Waals surface area (Å²) in [7, 11) is 0. The summed E-state index contributed by atoms with van der Waals surface area (Å²) in [4.78, 5) is 18.8. The molecule has 0 bridgehead atoms. The molecule has 0 aliphatic carbocycles. The number of fused-ring (bicyclic) bond motifs is 1. The number of amides is 1. The Kier molecular flexibility index (Phi) is 3.86. The van der Waals surface area contributed by atoms with Crippen molar-refractivity contribution in [3.8, 4) is 0 Å². The number of oxazole rings is 1. The molecule has 0 fully saturated rings. The van der Waals surface area contributed by atoms with Gasteiger partial charge in [-0.15, -0.1) is 0 Å². The number of aromatic nitrogens is 3. The molecule has 4 rings (SSSR count). The Labute approximate surface area is 139 Å². The highest BCUT2D eigenvalue weighted by molar-refractivity contribution is 5.93. The van der Waals surface area contributed by atoms with Gasteiger partial charge in [-0.3, -0.25) is 9.89 Å². The molecule has 0 spiro atoms. The van der Waals surface area contributed by atoms with Crippen molar-refractivity contribution < 1.29 is 9.21 Å². The van der Waals surface area contributed by atoms with E-state index in [1.54, 1.807) is 17.3 Å². The number of benzene rings is 1. The quantitative estimate of drug-likeness (QED) is 0.800. The molecule has 0 unspecified atom stereocenters. The monoisotopic (exact) mass is 322 g/mol. The van der Waals surface area contributed by atoms with Crippen LogP contribution >= 0.6 is 0 Å². The number of rotatable bonds is 4. The van der Waals surface area contributed by atoms with E-state index >= 15 is 0 Å². The number of H-pyrrole nitrogens is 1. The van der Waals surface area contributed by atoms with Crippen LogP contribution in [0.15, 0.2) is 47.1 Å². The van der Waals surface area contributed by atoms with E-state index in [9.17, 15) is 4.79 Å². The molecule has 6 nitrogen and oxygen atoms in total. The Balaban J connectivity index is 1.43. The van der Waals surface area contributed by atoms with Gasteiger partial charge in [-0.1, -0.05) is 30.3 Å². The number of nitrogens with one attached hydrogen (secondary N) is 1. The Morgan fingerprint density at radius 1 is 1.25 bits per heavy atom. The van der Waals surface area contributed by atoms with E-state index in [0.717, 1.165) is 30.2 Å². The molecule has 1 amide bonds. The third kappa shape index (κ3) is 2.95. The van der Waals surface area contributed by atoms with Crippen LogP contribution in [0.3, 0.4) is 0 Å². The van der Waals surface area contributed by atoms with Crippen LogP contribution in [-0.2, 0) is 25.8 Å². The number of aromatic amines is 1. The van der Waals surface area contributed by atoms with Gasteiger partial charge in [0.25, 0.3) is 5.91 Å². The van der Waals surface area contributed by atoms with Crippen LogP contribution in [0.5, 0.6) is 0 Å². The van der Waals surface area contributed by atoms with Gasteiger partial charge in [0.05, 0.1) is 18.3 Å². The molecule has 24 heavy (non-hydrogen) atoms. The first-order valence-corrected chi connectivity index (χ1v) is 8.09. The molecule has 3 heterocycles. The van der Waals surface area contributed by atoms with Gasteiger partial charge in [0.2, 0.25) is 0 Å². The first-order chi connectivity index (χ1) is 11.8. The molecule has 1 aromatic carbocycles. The van der Waals surface area contributed by atoms with Crippen molar-refractivity contribution in [1.29, 1.82) is 0 Å². The Bertz CT molecular complexity index is 824. The SMILES string of the molecule is O=C(c1cn[nH]c1)N1CCc2oc(CCc3ccccc3)nc2C1. The lowest BCUT2D eigenvalue weighted by atomic mass is 10.1. The molecule has 1 aliphatic rings. The summed E-state index contributed by atoms with van der Waals surface area (Å²) in [5.74, 6) is 1.64. The van der Waals surface area contributed by atoms with E-state index in [0.29, 0.717) is 25.1 Å². The molecular weight excluding hydrogens is 304 g/mol. The minimum atomic E-state index is -0.0248. The highest BCUT2D eigenvalue weighted by atomic mass is 16.4. The first-order valence-electron chi connectivity index (χ1n) is 8.09. The largest absolute Gasteiger partial charge is 0.445 e. The summed E-state index contributed by atoms with van der Waals surface area (Å²) >= 11 is 0. The van der Waals surface area contributed by atoms with E-state index in [4.69, 9.17) is 4.42 Å². The van der Waals surface area contributed by atoms with Crippen molar-refractivity contribution in [3.05, 3.63) is 71.2 Å². The molecular formula is C18H18N4O2. The fourth-order valence-corrected chi connectivity index (χ4v) is 2.98. The average Bonchev–Trinajstić information content (AvgIpc) is 3.29. The molecule has 2 aromatic heterocycles.